The molecular formula is C23H32N2O2. The van der Waals surface area contributed by atoms with Crippen LogP contribution in [-0.2, 0) is 22.6 Å². The summed E-state index contributed by atoms with van der Waals surface area (Å²) in [6.07, 6.45) is 7.62. The highest BCUT2D eigenvalue weighted by molar-refractivity contribution is 5.79. The van der Waals surface area contributed by atoms with Gasteiger partial charge in [-0.3, -0.25) is 4.79 Å². The lowest BCUT2D eigenvalue weighted by Gasteiger charge is -2.62. The lowest BCUT2D eigenvalue weighted by Crippen LogP contribution is -2.66. The van der Waals surface area contributed by atoms with Gasteiger partial charge in [-0.05, 0) is 75.3 Å². The maximum absolute atomic E-state index is 12.9. The van der Waals surface area contributed by atoms with E-state index in [0.717, 1.165) is 31.3 Å². The van der Waals surface area contributed by atoms with Crippen molar-refractivity contribution in [2.24, 2.45) is 11.8 Å². The fraction of sp³-hybridized carbons (Fsp3) is 0.696. The summed E-state index contributed by atoms with van der Waals surface area (Å²) in [5, 5.41) is 3.76. The molecule has 0 radical (unpaired) electrons. The molecule has 1 aromatic carbocycles. The van der Waals surface area contributed by atoms with Gasteiger partial charge in [-0.25, -0.2) is 0 Å². The number of amides is 1. The molecule has 4 aliphatic carbocycles. The van der Waals surface area contributed by atoms with E-state index in [4.69, 9.17) is 4.74 Å². The summed E-state index contributed by atoms with van der Waals surface area (Å²) in [7, 11) is 0. The number of rotatable bonds is 5. The van der Waals surface area contributed by atoms with Crippen molar-refractivity contribution in [2.45, 2.75) is 82.7 Å². The second kappa shape index (κ2) is 6.31. The van der Waals surface area contributed by atoms with Crippen molar-refractivity contribution in [3.8, 4) is 0 Å². The first-order valence-corrected chi connectivity index (χ1v) is 10.7. The Morgan fingerprint density at radius 3 is 2.37 bits per heavy atom. The van der Waals surface area contributed by atoms with Crippen LogP contribution in [0.25, 0.3) is 0 Å². The normalized spacial score (nSPS) is 36.5. The number of fused-ring (bicyclic) bond motifs is 1. The molecule has 146 valence electrons. The Morgan fingerprint density at radius 2 is 1.78 bits per heavy atom. The number of hydrogen-bond acceptors (Lipinski definition) is 3. The van der Waals surface area contributed by atoms with Gasteiger partial charge in [-0.2, -0.15) is 0 Å². The van der Waals surface area contributed by atoms with Gasteiger partial charge in [-0.15, -0.1) is 0 Å². The van der Waals surface area contributed by atoms with E-state index in [0.29, 0.717) is 6.54 Å². The first-order chi connectivity index (χ1) is 12.9. The van der Waals surface area contributed by atoms with Crippen LogP contribution in [0.15, 0.2) is 24.3 Å². The van der Waals surface area contributed by atoms with E-state index in [1.165, 1.54) is 43.2 Å². The van der Waals surface area contributed by atoms with Crippen LogP contribution in [0.3, 0.4) is 0 Å². The van der Waals surface area contributed by atoms with Crippen LogP contribution >= 0.6 is 0 Å². The first-order valence-electron chi connectivity index (χ1n) is 10.7. The minimum absolute atomic E-state index is 0.0537. The van der Waals surface area contributed by atoms with Gasteiger partial charge < -0.3 is 15.0 Å². The molecule has 27 heavy (non-hydrogen) atoms. The molecule has 6 rings (SSSR count). The number of ether oxygens (including phenoxy) is 1. The van der Waals surface area contributed by atoms with E-state index < -0.39 is 0 Å². The van der Waals surface area contributed by atoms with Crippen LogP contribution < -0.4 is 5.32 Å². The highest BCUT2D eigenvalue weighted by Gasteiger charge is 2.58. The lowest BCUT2D eigenvalue weighted by atomic mass is 9.51. The number of nitrogens with zero attached hydrogens (tertiary/aromatic N) is 1. The van der Waals surface area contributed by atoms with Gasteiger partial charge in [0.1, 0.15) is 0 Å². The molecule has 1 N–H and O–H groups in total. The van der Waals surface area contributed by atoms with Crippen LogP contribution in [0.5, 0.6) is 0 Å². The highest BCUT2D eigenvalue weighted by Crippen LogP contribution is 2.59. The van der Waals surface area contributed by atoms with E-state index in [-0.39, 0.29) is 23.2 Å². The largest absolute Gasteiger partial charge is 0.372 e. The molecule has 4 bridgehead atoms. The summed E-state index contributed by atoms with van der Waals surface area (Å²) in [5.41, 5.74) is 2.76. The Kier molecular flexibility index (Phi) is 4.14. The van der Waals surface area contributed by atoms with Crippen molar-refractivity contribution in [2.75, 3.05) is 6.54 Å². The summed E-state index contributed by atoms with van der Waals surface area (Å²) in [4.78, 5) is 14.9. The third-order valence-corrected chi connectivity index (χ3v) is 7.30. The molecule has 0 aromatic heterocycles. The second-order valence-electron chi connectivity index (χ2n) is 9.96. The molecule has 4 saturated carbocycles. The van der Waals surface area contributed by atoms with Crippen LogP contribution in [-0.4, -0.2) is 34.6 Å². The van der Waals surface area contributed by atoms with Gasteiger partial charge in [0, 0.05) is 18.6 Å². The standard InChI is InChI=1S/C23H32N2O2/c1-16(2)27-23-10-17-7-18(11-23)9-22(8-17,15-23)24-12-21(26)25-13-19-5-3-4-6-20(19)14-25/h3-6,16-18,24H,7-15H2,1-2H3. The van der Waals surface area contributed by atoms with Crippen LogP contribution in [0.1, 0.15) is 63.5 Å². The fourth-order valence-corrected chi connectivity index (χ4v) is 6.91. The van der Waals surface area contributed by atoms with E-state index in [1.54, 1.807) is 0 Å². The number of carbonyl (C=O) groups is 1. The first kappa shape index (κ1) is 17.7. The van der Waals surface area contributed by atoms with Crippen LogP contribution in [0.2, 0.25) is 0 Å². The molecule has 1 amide bonds. The predicted molar refractivity (Wildman–Crippen MR) is 105 cm³/mol. The van der Waals surface area contributed by atoms with Crippen molar-refractivity contribution < 1.29 is 9.53 Å². The summed E-state index contributed by atoms with van der Waals surface area (Å²) < 4.78 is 6.49. The monoisotopic (exact) mass is 368 g/mol. The number of benzene rings is 1. The van der Waals surface area contributed by atoms with E-state index in [2.05, 4.69) is 43.4 Å². The molecule has 2 atom stereocenters. The molecule has 0 spiro atoms. The topological polar surface area (TPSA) is 41.6 Å². The number of carbonyl (C=O) groups excluding carboxylic acids is 1. The predicted octanol–water partition coefficient (Wildman–Crippen LogP) is 3.63. The van der Waals surface area contributed by atoms with Gasteiger partial charge in [0.2, 0.25) is 5.91 Å². The van der Waals surface area contributed by atoms with Crippen molar-refractivity contribution in [3.63, 3.8) is 0 Å². The zero-order chi connectivity index (χ0) is 18.6. The van der Waals surface area contributed by atoms with Crippen molar-refractivity contribution >= 4 is 5.91 Å². The minimum atomic E-state index is 0.0537. The lowest BCUT2D eigenvalue weighted by molar-refractivity contribution is -0.192. The number of hydrogen-bond donors (Lipinski definition) is 1. The fourth-order valence-electron chi connectivity index (χ4n) is 6.91. The Hall–Kier alpha value is -1.39. The second-order valence-corrected chi connectivity index (χ2v) is 9.96. The highest BCUT2D eigenvalue weighted by atomic mass is 16.5. The average Bonchev–Trinajstić information content (AvgIpc) is 3.01. The van der Waals surface area contributed by atoms with E-state index >= 15 is 0 Å². The smallest absolute Gasteiger partial charge is 0.237 e. The summed E-state index contributed by atoms with van der Waals surface area (Å²) >= 11 is 0. The van der Waals surface area contributed by atoms with Gasteiger partial charge in [-0.1, -0.05) is 24.3 Å². The molecule has 1 aliphatic heterocycles. The summed E-state index contributed by atoms with van der Waals surface area (Å²) in [5.74, 6) is 1.77. The van der Waals surface area contributed by atoms with Crippen molar-refractivity contribution in [1.82, 2.24) is 10.2 Å². The Balaban J connectivity index is 1.25. The maximum atomic E-state index is 12.9. The molecule has 4 fully saturated rings. The van der Waals surface area contributed by atoms with Gasteiger partial charge in [0.15, 0.2) is 0 Å². The minimum Gasteiger partial charge on any atom is -0.372 e. The Morgan fingerprint density at radius 1 is 1.15 bits per heavy atom. The third-order valence-electron chi connectivity index (χ3n) is 7.30. The average molecular weight is 369 g/mol. The molecule has 4 heteroatoms. The molecule has 0 saturated heterocycles. The number of nitrogens with one attached hydrogen (secondary N) is 1. The Labute approximate surface area is 162 Å². The third kappa shape index (κ3) is 3.21. The van der Waals surface area contributed by atoms with Crippen LogP contribution in [0.4, 0.5) is 0 Å². The van der Waals surface area contributed by atoms with E-state index in [9.17, 15) is 4.79 Å². The molecular weight excluding hydrogens is 336 g/mol. The zero-order valence-electron chi connectivity index (χ0n) is 16.7. The SMILES string of the molecule is CC(C)OC12CC3CC(CC(NCC(=O)N4Cc5ccccc5C4)(C3)C1)C2. The molecule has 1 aromatic rings. The maximum Gasteiger partial charge on any atom is 0.237 e. The molecule has 1 heterocycles. The molecule has 2 unspecified atom stereocenters. The van der Waals surface area contributed by atoms with Gasteiger partial charge >= 0.3 is 0 Å². The summed E-state index contributed by atoms with van der Waals surface area (Å²) in [6.45, 7) is 6.30. The molecule has 4 nitrogen and oxygen atoms in total. The zero-order valence-corrected chi connectivity index (χ0v) is 16.7. The summed E-state index contributed by atoms with van der Waals surface area (Å²) in [6, 6.07) is 8.41. The Bertz CT molecular complexity index is 699. The van der Waals surface area contributed by atoms with E-state index in [1.807, 2.05) is 4.90 Å². The van der Waals surface area contributed by atoms with Crippen molar-refractivity contribution in [1.29, 1.82) is 0 Å². The van der Waals surface area contributed by atoms with Gasteiger partial charge in [0.25, 0.3) is 0 Å². The quantitative estimate of drug-likeness (QED) is 0.863. The van der Waals surface area contributed by atoms with Crippen LogP contribution in [0, 0.1) is 11.8 Å². The molecule has 5 aliphatic rings. The van der Waals surface area contributed by atoms with Crippen molar-refractivity contribution in [3.05, 3.63) is 35.4 Å². The van der Waals surface area contributed by atoms with Gasteiger partial charge in [0.05, 0.1) is 18.2 Å².